The highest BCUT2D eigenvalue weighted by Gasteiger charge is 2.64. The summed E-state index contributed by atoms with van der Waals surface area (Å²) in [6.45, 7) is -2.07. The fourth-order valence-corrected chi connectivity index (χ4v) is 7.55. The average molecular weight is 666 g/mol. The van der Waals surface area contributed by atoms with Crippen LogP contribution in [0.4, 0.5) is 13.2 Å². The van der Waals surface area contributed by atoms with E-state index in [1.165, 1.54) is 38.1 Å². The molecule has 13 nitrogen and oxygen atoms in total. The number of Topliss-reactive ketones (excluding diaryl/α,β-unsaturated/α-hetero) is 1. The van der Waals surface area contributed by atoms with Gasteiger partial charge in [-0.25, -0.2) is 18.5 Å². The molecular formula is C26H31F3N3O10PS. The summed E-state index contributed by atoms with van der Waals surface area (Å²) in [6.07, 6.45) is -7.86. The van der Waals surface area contributed by atoms with E-state index in [0.29, 0.717) is 4.57 Å². The highest BCUT2D eigenvalue weighted by atomic mass is 32.7. The van der Waals surface area contributed by atoms with E-state index in [1.54, 1.807) is 6.07 Å². The van der Waals surface area contributed by atoms with Crippen LogP contribution in [0.5, 0.6) is 5.75 Å². The van der Waals surface area contributed by atoms with Gasteiger partial charge in [-0.1, -0.05) is 18.2 Å². The number of hydrogen-bond acceptors (Lipinski definition) is 12. The summed E-state index contributed by atoms with van der Waals surface area (Å²) in [5, 5.41) is 0. The van der Waals surface area contributed by atoms with Crippen LogP contribution in [0.2, 0.25) is 0 Å². The Labute approximate surface area is 253 Å². The molecule has 6 atom stereocenters. The molecule has 0 saturated carbocycles. The van der Waals surface area contributed by atoms with E-state index in [4.69, 9.17) is 14.0 Å². The van der Waals surface area contributed by atoms with Crippen molar-refractivity contribution < 1.29 is 50.9 Å². The SMILES string of the molecule is COC(=O)C(C)NSP(=O)(Oc1ccccc1)C(F)(F)C[C@H]1O[C@@H](n2c(=O)cc[nH]c2=O)[C@](C)(F)[C@@H]1OC(=O)CCC(C)=O. The molecule has 3 rings (SSSR count). The summed E-state index contributed by atoms with van der Waals surface area (Å²) in [5.41, 5.74) is -9.54. The molecule has 18 heteroatoms. The number of esters is 2. The van der Waals surface area contributed by atoms with Gasteiger partial charge in [0.15, 0.2) is 18.0 Å². The number of aromatic nitrogens is 2. The highest BCUT2D eigenvalue weighted by Crippen LogP contribution is 2.70. The lowest BCUT2D eigenvalue weighted by Gasteiger charge is -2.31. The van der Waals surface area contributed by atoms with E-state index in [1.807, 2.05) is 0 Å². The minimum Gasteiger partial charge on any atom is -0.468 e. The fraction of sp³-hybridized carbons (Fsp3) is 0.500. The van der Waals surface area contributed by atoms with Gasteiger partial charge >= 0.3 is 29.9 Å². The first-order valence-corrected chi connectivity index (χ1v) is 16.1. The van der Waals surface area contributed by atoms with Crippen molar-refractivity contribution >= 4 is 35.9 Å². The third-order valence-electron chi connectivity index (χ3n) is 6.46. The Kier molecular flexibility index (Phi) is 11.3. The monoisotopic (exact) mass is 665 g/mol. The number of carbonyl (C=O) groups excluding carboxylic acids is 3. The maximum atomic E-state index is 16.4. The number of rotatable bonds is 14. The van der Waals surface area contributed by atoms with Crippen molar-refractivity contribution in [2.75, 3.05) is 7.11 Å². The molecule has 44 heavy (non-hydrogen) atoms. The van der Waals surface area contributed by atoms with Crippen LogP contribution in [0.3, 0.4) is 0 Å². The van der Waals surface area contributed by atoms with E-state index in [2.05, 4.69) is 14.4 Å². The molecule has 0 bridgehead atoms. The summed E-state index contributed by atoms with van der Waals surface area (Å²) in [7, 11) is 1.06. The lowest BCUT2D eigenvalue weighted by Crippen LogP contribution is -2.48. The number of halogens is 3. The first-order valence-electron chi connectivity index (χ1n) is 13.1. The average Bonchev–Trinajstić information content (AvgIpc) is 3.18. The molecule has 1 aliphatic heterocycles. The molecule has 2 heterocycles. The molecule has 0 aliphatic carbocycles. The number of carbonyl (C=O) groups is 3. The van der Waals surface area contributed by atoms with Crippen molar-refractivity contribution in [2.45, 2.75) is 75.8 Å². The molecule has 0 radical (unpaired) electrons. The van der Waals surface area contributed by atoms with E-state index in [0.717, 1.165) is 26.3 Å². The molecular weight excluding hydrogens is 634 g/mol. The number of aromatic amines is 1. The van der Waals surface area contributed by atoms with E-state index in [-0.39, 0.29) is 23.7 Å². The topological polar surface area (TPSA) is 172 Å². The summed E-state index contributed by atoms with van der Waals surface area (Å²) < 4.78 is 85.7. The molecule has 242 valence electrons. The van der Waals surface area contributed by atoms with Crippen molar-refractivity contribution in [1.82, 2.24) is 14.3 Å². The van der Waals surface area contributed by atoms with E-state index >= 15 is 13.2 Å². The zero-order chi connectivity index (χ0) is 32.9. The molecule has 1 aliphatic rings. The zero-order valence-corrected chi connectivity index (χ0v) is 25.7. The van der Waals surface area contributed by atoms with Gasteiger partial charge in [0.05, 0.1) is 20.0 Å². The Balaban J connectivity index is 2.03. The van der Waals surface area contributed by atoms with Crippen molar-refractivity contribution in [3.63, 3.8) is 0 Å². The first-order chi connectivity index (χ1) is 20.5. The smallest absolute Gasteiger partial charge is 0.385 e. The van der Waals surface area contributed by atoms with Gasteiger partial charge in [-0.2, -0.15) is 8.78 Å². The number of nitrogens with one attached hydrogen (secondary N) is 2. The number of para-hydroxylation sites is 1. The van der Waals surface area contributed by atoms with Gasteiger partial charge in [-0.15, -0.1) is 0 Å². The summed E-state index contributed by atoms with van der Waals surface area (Å²) >= 11 is -0.0830. The molecule has 2 aromatic rings. The number of ketones is 1. The lowest BCUT2D eigenvalue weighted by atomic mass is 9.96. The van der Waals surface area contributed by atoms with E-state index in [9.17, 15) is 28.5 Å². The Hall–Kier alpha value is -3.40. The normalized spacial score (nSPS) is 23.8. The van der Waals surface area contributed by atoms with Crippen molar-refractivity contribution in [2.24, 2.45) is 0 Å². The van der Waals surface area contributed by atoms with Crippen molar-refractivity contribution in [3.05, 3.63) is 63.4 Å². The quantitative estimate of drug-likeness (QED) is 0.171. The number of methoxy groups -OCH3 is 1. The number of benzene rings is 1. The van der Waals surface area contributed by atoms with Crippen LogP contribution in [-0.4, -0.2) is 64.0 Å². The zero-order valence-electron chi connectivity index (χ0n) is 24.0. The predicted octanol–water partition coefficient (Wildman–Crippen LogP) is 3.50. The number of nitrogens with zero attached hydrogens (tertiary/aromatic N) is 1. The Bertz CT molecular complexity index is 1490. The Morgan fingerprint density at radius 3 is 2.45 bits per heavy atom. The minimum atomic E-state index is -5.30. The highest BCUT2D eigenvalue weighted by molar-refractivity contribution is 8.56. The van der Waals surface area contributed by atoms with Crippen LogP contribution in [-0.2, 0) is 33.2 Å². The van der Waals surface area contributed by atoms with Crippen molar-refractivity contribution in [3.8, 4) is 5.75 Å². The van der Waals surface area contributed by atoms with E-state index < -0.39 is 84.2 Å². The van der Waals surface area contributed by atoms with Gasteiger partial charge in [0.2, 0.25) is 0 Å². The van der Waals surface area contributed by atoms with Gasteiger partial charge in [0, 0.05) is 30.3 Å². The summed E-state index contributed by atoms with van der Waals surface area (Å²) in [5.74, 6) is -2.64. The number of alkyl halides is 3. The van der Waals surface area contributed by atoms with Gasteiger partial charge in [-0.05, 0) is 32.9 Å². The standard InChI is InChI=1S/C26H31F3N3O10PS/c1-15(33)10-11-20(35)41-21-18(40-23(25(21,3)27)32-19(34)12-13-30-24(32)37)14-26(28,29)43(38,42-17-8-6-5-7-9-17)44-31-16(2)22(36)39-4/h5-9,12-13,16,18,21,23,31H,10-11,14H2,1-4H3,(H,30,37)/t16?,18-,21-,23-,25-,43?/m1/s1. The third kappa shape index (κ3) is 8.00. The second kappa shape index (κ2) is 14.1. The van der Waals surface area contributed by atoms with Crippen LogP contribution in [0, 0.1) is 0 Å². The minimum absolute atomic E-state index is 0.0830. The van der Waals surface area contributed by atoms with Gasteiger partial charge in [0.25, 0.3) is 5.56 Å². The summed E-state index contributed by atoms with van der Waals surface area (Å²) in [4.78, 5) is 62.8. The largest absolute Gasteiger partial charge is 0.468 e. The Morgan fingerprint density at radius 2 is 1.86 bits per heavy atom. The third-order valence-corrected chi connectivity index (χ3v) is 10.7. The van der Waals surface area contributed by atoms with Gasteiger partial charge in [0.1, 0.15) is 23.7 Å². The van der Waals surface area contributed by atoms with Gasteiger partial charge in [-0.3, -0.25) is 18.9 Å². The maximum absolute atomic E-state index is 16.4. The Morgan fingerprint density at radius 1 is 1.20 bits per heavy atom. The molecule has 0 spiro atoms. The fourth-order valence-electron chi connectivity index (χ4n) is 4.17. The molecule has 2 N–H and O–H groups in total. The van der Waals surface area contributed by atoms with Crippen molar-refractivity contribution in [1.29, 1.82) is 0 Å². The molecule has 1 aromatic heterocycles. The lowest BCUT2D eigenvalue weighted by molar-refractivity contribution is -0.159. The number of H-pyrrole nitrogens is 1. The molecule has 0 amide bonds. The van der Waals surface area contributed by atoms with Crippen LogP contribution in [0.15, 0.2) is 52.2 Å². The second-order valence-corrected chi connectivity index (χ2v) is 14.2. The first kappa shape index (κ1) is 35.1. The second-order valence-electron chi connectivity index (χ2n) is 10.0. The molecule has 1 aromatic carbocycles. The van der Waals surface area contributed by atoms with Crippen LogP contribution in [0.1, 0.15) is 46.3 Å². The molecule has 2 unspecified atom stereocenters. The summed E-state index contributed by atoms with van der Waals surface area (Å²) in [6, 6.07) is 6.55. The number of ether oxygens (including phenoxy) is 3. The maximum Gasteiger partial charge on any atom is 0.385 e. The van der Waals surface area contributed by atoms with Gasteiger partial charge < -0.3 is 28.5 Å². The molecule has 1 fully saturated rings. The van der Waals surface area contributed by atoms with Crippen LogP contribution >= 0.6 is 18.1 Å². The number of hydrogen-bond donors (Lipinski definition) is 2. The predicted molar refractivity (Wildman–Crippen MR) is 151 cm³/mol. The van der Waals surface area contributed by atoms with Crippen LogP contribution < -0.4 is 20.5 Å². The molecule has 1 saturated heterocycles. The van der Waals surface area contributed by atoms with Crippen LogP contribution in [0.25, 0.3) is 0 Å².